The van der Waals surface area contributed by atoms with E-state index in [0.29, 0.717) is 6.04 Å². The Bertz CT molecular complexity index is 383. The van der Waals surface area contributed by atoms with Crippen LogP contribution in [0.3, 0.4) is 0 Å². The van der Waals surface area contributed by atoms with Crippen LogP contribution in [0.15, 0.2) is 18.6 Å². The van der Waals surface area contributed by atoms with E-state index in [0.717, 1.165) is 31.7 Å². The van der Waals surface area contributed by atoms with Crippen LogP contribution in [0.25, 0.3) is 0 Å². The number of rotatable bonds is 5. The zero-order chi connectivity index (χ0) is 14.4. The molecule has 5 heteroatoms. The van der Waals surface area contributed by atoms with Crippen molar-refractivity contribution in [3.63, 3.8) is 0 Å². The Morgan fingerprint density at radius 3 is 2.90 bits per heavy atom. The standard InChI is InChI=1S/C15H27N5/c1-4-6-18-15(13-11-16-7-8-17-13)14-12-19(2)9-5-10-20(14)3/h7-8,11,14-15,18H,4-6,9-10,12H2,1-3H3. The number of likely N-dealkylation sites (N-methyl/N-ethyl adjacent to an activating group) is 2. The second-order valence-electron chi connectivity index (χ2n) is 5.73. The van der Waals surface area contributed by atoms with Crippen LogP contribution in [0.1, 0.15) is 31.5 Å². The summed E-state index contributed by atoms with van der Waals surface area (Å²) in [5.74, 6) is 0. The molecule has 0 bridgehead atoms. The zero-order valence-electron chi connectivity index (χ0n) is 12.9. The van der Waals surface area contributed by atoms with Crippen LogP contribution in [0.2, 0.25) is 0 Å². The average molecular weight is 277 g/mol. The van der Waals surface area contributed by atoms with Gasteiger partial charge in [0.15, 0.2) is 0 Å². The lowest BCUT2D eigenvalue weighted by molar-refractivity contribution is 0.176. The first-order chi connectivity index (χ1) is 9.72. The highest BCUT2D eigenvalue weighted by Gasteiger charge is 2.30. The Balaban J connectivity index is 2.19. The molecule has 2 atom stereocenters. The van der Waals surface area contributed by atoms with E-state index >= 15 is 0 Å². The predicted octanol–water partition coefficient (Wildman–Crippen LogP) is 1.15. The number of nitrogens with zero attached hydrogens (tertiary/aromatic N) is 4. The molecule has 1 aromatic rings. The van der Waals surface area contributed by atoms with E-state index < -0.39 is 0 Å². The maximum absolute atomic E-state index is 4.53. The molecule has 1 aliphatic heterocycles. The molecule has 5 nitrogen and oxygen atoms in total. The summed E-state index contributed by atoms with van der Waals surface area (Å²) in [7, 11) is 4.43. The molecule has 0 aliphatic carbocycles. The Labute approximate surface area is 122 Å². The molecule has 20 heavy (non-hydrogen) atoms. The van der Waals surface area contributed by atoms with Crippen molar-refractivity contribution in [2.75, 3.05) is 40.3 Å². The van der Waals surface area contributed by atoms with Gasteiger partial charge in [-0.15, -0.1) is 0 Å². The van der Waals surface area contributed by atoms with Crippen LogP contribution in [0.4, 0.5) is 0 Å². The first-order valence-corrected chi connectivity index (χ1v) is 7.60. The summed E-state index contributed by atoms with van der Waals surface area (Å²) in [6.07, 6.45) is 7.78. The number of aromatic nitrogens is 2. The van der Waals surface area contributed by atoms with Crippen molar-refractivity contribution in [1.82, 2.24) is 25.1 Å². The van der Waals surface area contributed by atoms with Crippen LogP contribution in [0.5, 0.6) is 0 Å². The van der Waals surface area contributed by atoms with E-state index in [1.165, 1.54) is 13.0 Å². The monoisotopic (exact) mass is 277 g/mol. The van der Waals surface area contributed by atoms with Gasteiger partial charge < -0.3 is 15.1 Å². The normalized spacial score (nSPS) is 23.4. The van der Waals surface area contributed by atoms with Crippen LogP contribution in [-0.2, 0) is 0 Å². The fraction of sp³-hybridized carbons (Fsp3) is 0.733. The van der Waals surface area contributed by atoms with Gasteiger partial charge in [0.2, 0.25) is 0 Å². The minimum Gasteiger partial charge on any atom is -0.307 e. The summed E-state index contributed by atoms with van der Waals surface area (Å²) in [5, 5.41) is 3.66. The fourth-order valence-electron chi connectivity index (χ4n) is 2.87. The maximum atomic E-state index is 4.53. The predicted molar refractivity (Wildman–Crippen MR) is 81.6 cm³/mol. The molecule has 1 aromatic heterocycles. The summed E-state index contributed by atoms with van der Waals surface area (Å²) < 4.78 is 0. The van der Waals surface area contributed by atoms with Crippen molar-refractivity contribution in [1.29, 1.82) is 0 Å². The quantitative estimate of drug-likeness (QED) is 0.875. The van der Waals surface area contributed by atoms with Gasteiger partial charge in [-0.25, -0.2) is 0 Å². The summed E-state index contributed by atoms with van der Waals surface area (Å²) in [6.45, 7) is 6.58. The molecular weight excluding hydrogens is 250 g/mol. The molecule has 0 aromatic carbocycles. The van der Waals surface area contributed by atoms with Crippen molar-refractivity contribution >= 4 is 0 Å². The molecule has 2 heterocycles. The summed E-state index contributed by atoms with van der Waals surface area (Å²) in [5.41, 5.74) is 1.05. The highest BCUT2D eigenvalue weighted by molar-refractivity contribution is 5.07. The average Bonchev–Trinajstić information content (AvgIpc) is 2.62. The Morgan fingerprint density at radius 2 is 2.20 bits per heavy atom. The molecule has 1 saturated heterocycles. The minimum absolute atomic E-state index is 0.245. The summed E-state index contributed by atoms with van der Waals surface area (Å²) in [6, 6.07) is 0.681. The van der Waals surface area contributed by atoms with Crippen molar-refractivity contribution in [3.8, 4) is 0 Å². The topological polar surface area (TPSA) is 44.3 Å². The van der Waals surface area contributed by atoms with Crippen LogP contribution < -0.4 is 5.32 Å². The number of nitrogens with one attached hydrogen (secondary N) is 1. The first-order valence-electron chi connectivity index (χ1n) is 7.60. The summed E-state index contributed by atoms with van der Waals surface area (Å²) >= 11 is 0. The lowest BCUT2D eigenvalue weighted by atomic mass is 10.0. The van der Waals surface area contributed by atoms with Crippen molar-refractivity contribution in [2.24, 2.45) is 0 Å². The van der Waals surface area contributed by atoms with Gasteiger partial charge in [-0.3, -0.25) is 9.97 Å². The van der Waals surface area contributed by atoms with Gasteiger partial charge in [0, 0.05) is 25.0 Å². The second-order valence-corrected chi connectivity index (χ2v) is 5.73. The largest absolute Gasteiger partial charge is 0.307 e. The van der Waals surface area contributed by atoms with Crippen LogP contribution in [-0.4, -0.2) is 66.1 Å². The highest BCUT2D eigenvalue weighted by atomic mass is 15.2. The maximum Gasteiger partial charge on any atom is 0.0772 e. The van der Waals surface area contributed by atoms with Gasteiger partial charge in [0.25, 0.3) is 0 Å². The van der Waals surface area contributed by atoms with Crippen molar-refractivity contribution in [3.05, 3.63) is 24.3 Å². The fourth-order valence-corrected chi connectivity index (χ4v) is 2.87. The van der Waals surface area contributed by atoms with Gasteiger partial charge in [0.05, 0.1) is 17.9 Å². The lowest BCUT2D eigenvalue weighted by Gasteiger charge is -2.34. The third-order valence-electron chi connectivity index (χ3n) is 4.02. The van der Waals surface area contributed by atoms with E-state index in [9.17, 15) is 0 Å². The van der Waals surface area contributed by atoms with Crippen LogP contribution in [0, 0.1) is 0 Å². The molecule has 112 valence electrons. The molecule has 2 rings (SSSR count). The molecule has 0 spiro atoms. The SMILES string of the molecule is CCCNC(c1cnccn1)C1CN(C)CCCN1C. The lowest BCUT2D eigenvalue weighted by Crippen LogP contribution is -2.47. The molecule has 0 radical (unpaired) electrons. The highest BCUT2D eigenvalue weighted by Crippen LogP contribution is 2.21. The first kappa shape index (κ1) is 15.4. The Kier molecular flexibility index (Phi) is 5.88. The van der Waals surface area contributed by atoms with E-state index in [4.69, 9.17) is 0 Å². The minimum atomic E-state index is 0.245. The smallest absolute Gasteiger partial charge is 0.0772 e. The van der Waals surface area contributed by atoms with Gasteiger partial charge >= 0.3 is 0 Å². The van der Waals surface area contributed by atoms with Crippen LogP contribution >= 0.6 is 0 Å². The molecule has 0 saturated carbocycles. The molecule has 1 N–H and O–H groups in total. The number of hydrogen-bond donors (Lipinski definition) is 1. The molecule has 0 amide bonds. The van der Waals surface area contributed by atoms with Gasteiger partial charge in [-0.05, 0) is 46.6 Å². The third-order valence-corrected chi connectivity index (χ3v) is 4.02. The van der Waals surface area contributed by atoms with Gasteiger partial charge in [-0.2, -0.15) is 0 Å². The van der Waals surface area contributed by atoms with E-state index in [1.54, 1.807) is 12.4 Å². The molecular formula is C15H27N5. The van der Waals surface area contributed by atoms with E-state index in [-0.39, 0.29) is 6.04 Å². The Hall–Kier alpha value is -1.04. The third kappa shape index (κ3) is 3.98. The Morgan fingerprint density at radius 1 is 1.35 bits per heavy atom. The van der Waals surface area contributed by atoms with Gasteiger partial charge in [0.1, 0.15) is 0 Å². The summed E-state index contributed by atoms with van der Waals surface area (Å²) in [4.78, 5) is 13.7. The van der Waals surface area contributed by atoms with Gasteiger partial charge in [-0.1, -0.05) is 6.92 Å². The van der Waals surface area contributed by atoms with E-state index in [1.807, 2.05) is 6.20 Å². The second kappa shape index (κ2) is 7.67. The molecule has 2 unspecified atom stereocenters. The molecule has 1 fully saturated rings. The van der Waals surface area contributed by atoms with Crippen molar-refractivity contribution < 1.29 is 0 Å². The van der Waals surface area contributed by atoms with E-state index in [2.05, 4.69) is 46.1 Å². The number of hydrogen-bond acceptors (Lipinski definition) is 5. The molecule has 1 aliphatic rings. The van der Waals surface area contributed by atoms with Crippen molar-refractivity contribution in [2.45, 2.75) is 31.8 Å². The zero-order valence-corrected chi connectivity index (χ0v) is 12.9.